The summed E-state index contributed by atoms with van der Waals surface area (Å²) >= 11 is 1.72. The molecule has 3 aromatic heterocycles. The molecule has 0 N–H and O–H groups in total. The summed E-state index contributed by atoms with van der Waals surface area (Å²) in [5.74, 6) is 0.955. The summed E-state index contributed by atoms with van der Waals surface area (Å²) in [6.07, 6.45) is 3.50. The van der Waals surface area contributed by atoms with Gasteiger partial charge < -0.3 is 9.47 Å². The van der Waals surface area contributed by atoms with Gasteiger partial charge in [0.15, 0.2) is 17.0 Å². The Kier molecular flexibility index (Phi) is 4.15. The van der Waals surface area contributed by atoms with E-state index in [1.165, 1.54) is 5.69 Å². The third-order valence-electron chi connectivity index (χ3n) is 4.45. The zero-order valence-corrected chi connectivity index (χ0v) is 14.8. The van der Waals surface area contributed by atoms with Crippen molar-refractivity contribution in [1.82, 2.24) is 29.4 Å². The Labute approximate surface area is 145 Å². The molecule has 0 atom stereocenters. The number of imidazole rings is 1. The summed E-state index contributed by atoms with van der Waals surface area (Å²) in [5, 5.41) is 3.30. The minimum absolute atomic E-state index is 0.869. The van der Waals surface area contributed by atoms with E-state index in [4.69, 9.17) is 0 Å². The summed E-state index contributed by atoms with van der Waals surface area (Å²) in [4.78, 5) is 22.8. The Morgan fingerprint density at radius 3 is 2.67 bits per heavy atom. The van der Waals surface area contributed by atoms with Crippen LogP contribution in [-0.4, -0.2) is 55.6 Å². The van der Waals surface area contributed by atoms with Crippen LogP contribution in [0.1, 0.15) is 17.6 Å². The Morgan fingerprint density at radius 1 is 1.12 bits per heavy atom. The first-order chi connectivity index (χ1) is 11.7. The summed E-state index contributed by atoms with van der Waals surface area (Å²) in [5.41, 5.74) is 3.00. The summed E-state index contributed by atoms with van der Waals surface area (Å²) in [7, 11) is 0. The van der Waals surface area contributed by atoms with Crippen molar-refractivity contribution in [1.29, 1.82) is 0 Å². The first-order valence-corrected chi connectivity index (χ1v) is 9.16. The number of aromatic nitrogens is 5. The number of piperazine rings is 1. The van der Waals surface area contributed by atoms with E-state index in [0.29, 0.717) is 0 Å². The molecule has 0 unspecified atom stereocenters. The van der Waals surface area contributed by atoms with Gasteiger partial charge in [0.05, 0.1) is 17.0 Å². The van der Waals surface area contributed by atoms with E-state index in [-0.39, 0.29) is 0 Å². The van der Waals surface area contributed by atoms with Crippen molar-refractivity contribution in [3.8, 4) is 0 Å². The lowest BCUT2D eigenvalue weighted by atomic mass is 10.3. The van der Waals surface area contributed by atoms with Crippen LogP contribution in [-0.2, 0) is 13.1 Å². The van der Waals surface area contributed by atoms with Gasteiger partial charge in [0, 0.05) is 44.6 Å². The van der Waals surface area contributed by atoms with Crippen molar-refractivity contribution in [2.24, 2.45) is 0 Å². The second kappa shape index (κ2) is 6.45. The highest BCUT2D eigenvalue weighted by Crippen LogP contribution is 2.23. The van der Waals surface area contributed by atoms with Crippen LogP contribution in [0.5, 0.6) is 0 Å². The van der Waals surface area contributed by atoms with Crippen LogP contribution in [0.3, 0.4) is 0 Å². The molecule has 4 heterocycles. The fourth-order valence-corrected chi connectivity index (χ4v) is 3.76. The normalized spacial score (nSPS) is 16.2. The van der Waals surface area contributed by atoms with Crippen LogP contribution in [0.25, 0.3) is 11.2 Å². The van der Waals surface area contributed by atoms with Crippen LogP contribution in [0, 0.1) is 6.92 Å². The lowest BCUT2D eigenvalue weighted by Gasteiger charge is -2.35. The molecule has 1 saturated heterocycles. The molecule has 0 aliphatic carbocycles. The van der Waals surface area contributed by atoms with E-state index < -0.39 is 0 Å². The Hall–Kier alpha value is -2.06. The van der Waals surface area contributed by atoms with Crippen molar-refractivity contribution in [2.45, 2.75) is 26.9 Å². The molecule has 8 heteroatoms. The predicted octanol–water partition coefficient (Wildman–Crippen LogP) is 1.93. The van der Waals surface area contributed by atoms with Gasteiger partial charge in [0.1, 0.15) is 6.33 Å². The van der Waals surface area contributed by atoms with Gasteiger partial charge in [0.2, 0.25) is 0 Å². The zero-order valence-electron chi connectivity index (χ0n) is 14.0. The van der Waals surface area contributed by atoms with Crippen molar-refractivity contribution in [3.63, 3.8) is 0 Å². The molecule has 1 aliphatic rings. The summed E-state index contributed by atoms with van der Waals surface area (Å²) in [6.45, 7) is 9.88. The number of rotatable bonds is 4. The van der Waals surface area contributed by atoms with Gasteiger partial charge >= 0.3 is 0 Å². The third-order valence-corrected chi connectivity index (χ3v) is 5.27. The standard InChI is InChI=1S/C16H21N7S/c1-3-22-11-19-14-15(22)17-10-18-16(14)23-6-4-21(5-7-23)8-13-9-24-12(2)20-13/h9-11H,3-8H2,1-2H3. The summed E-state index contributed by atoms with van der Waals surface area (Å²) < 4.78 is 2.06. The molecule has 0 radical (unpaired) electrons. The third kappa shape index (κ3) is 2.87. The quantitative estimate of drug-likeness (QED) is 0.721. The van der Waals surface area contributed by atoms with Crippen LogP contribution in [0.4, 0.5) is 5.82 Å². The SMILES string of the molecule is CCn1cnc2c(N3CCN(Cc4csc(C)n4)CC3)ncnc21. The molecule has 0 bridgehead atoms. The second-order valence-electron chi connectivity index (χ2n) is 6.02. The van der Waals surface area contributed by atoms with E-state index in [0.717, 1.165) is 61.3 Å². The lowest BCUT2D eigenvalue weighted by Crippen LogP contribution is -2.46. The first-order valence-electron chi connectivity index (χ1n) is 8.28. The molecular formula is C16H21N7S. The van der Waals surface area contributed by atoms with Gasteiger partial charge in [0.25, 0.3) is 0 Å². The maximum absolute atomic E-state index is 4.56. The van der Waals surface area contributed by atoms with Gasteiger partial charge in [-0.05, 0) is 13.8 Å². The average Bonchev–Trinajstić information content (AvgIpc) is 3.21. The second-order valence-corrected chi connectivity index (χ2v) is 7.08. The maximum atomic E-state index is 4.56. The minimum Gasteiger partial charge on any atom is -0.352 e. The number of anilines is 1. The Bertz CT molecular complexity index is 832. The highest BCUT2D eigenvalue weighted by molar-refractivity contribution is 7.09. The fourth-order valence-electron chi connectivity index (χ4n) is 3.16. The fraction of sp³-hybridized carbons (Fsp3) is 0.500. The molecular weight excluding hydrogens is 322 g/mol. The monoisotopic (exact) mass is 343 g/mol. The first kappa shape index (κ1) is 15.5. The molecule has 0 aromatic carbocycles. The van der Waals surface area contributed by atoms with Crippen LogP contribution in [0.2, 0.25) is 0 Å². The number of hydrogen-bond acceptors (Lipinski definition) is 7. The van der Waals surface area contributed by atoms with Gasteiger partial charge in [-0.1, -0.05) is 0 Å². The topological polar surface area (TPSA) is 63.0 Å². The van der Waals surface area contributed by atoms with E-state index >= 15 is 0 Å². The molecule has 126 valence electrons. The van der Waals surface area contributed by atoms with E-state index in [1.807, 2.05) is 6.33 Å². The Balaban J connectivity index is 1.47. The lowest BCUT2D eigenvalue weighted by molar-refractivity contribution is 0.247. The highest BCUT2D eigenvalue weighted by Gasteiger charge is 2.22. The molecule has 7 nitrogen and oxygen atoms in total. The average molecular weight is 343 g/mol. The largest absolute Gasteiger partial charge is 0.352 e. The van der Waals surface area contributed by atoms with Crippen LogP contribution >= 0.6 is 11.3 Å². The number of aryl methyl sites for hydroxylation is 2. The van der Waals surface area contributed by atoms with Crippen molar-refractivity contribution < 1.29 is 0 Å². The molecule has 0 saturated carbocycles. The molecule has 1 aliphatic heterocycles. The molecule has 3 aromatic rings. The number of hydrogen-bond donors (Lipinski definition) is 0. The molecule has 0 amide bonds. The van der Waals surface area contributed by atoms with Gasteiger partial charge in [-0.2, -0.15) is 0 Å². The van der Waals surface area contributed by atoms with E-state index in [2.05, 4.69) is 53.5 Å². The molecule has 24 heavy (non-hydrogen) atoms. The van der Waals surface area contributed by atoms with Crippen LogP contribution in [0.15, 0.2) is 18.0 Å². The number of thiazole rings is 1. The van der Waals surface area contributed by atoms with Gasteiger partial charge in [-0.25, -0.2) is 19.9 Å². The highest BCUT2D eigenvalue weighted by atomic mass is 32.1. The number of nitrogens with zero attached hydrogens (tertiary/aromatic N) is 7. The Morgan fingerprint density at radius 2 is 1.96 bits per heavy atom. The van der Waals surface area contributed by atoms with E-state index in [9.17, 15) is 0 Å². The minimum atomic E-state index is 0.869. The predicted molar refractivity (Wildman–Crippen MR) is 95.3 cm³/mol. The van der Waals surface area contributed by atoms with Crippen LogP contribution < -0.4 is 4.90 Å². The number of fused-ring (bicyclic) bond motifs is 1. The van der Waals surface area contributed by atoms with E-state index in [1.54, 1.807) is 17.7 Å². The van der Waals surface area contributed by atoms with Crippen molar-refractivity contribution >= 4 is 28.3 Å². The van der Waals surface area contributed by atoms with Gasteiger partial charge in [-0.15, -0.1) is 11.3 Å². The smallest absolute Gasteiger partial charge is 0.165 e. The molecule has 1 fully saturated rings. The summed E-state index contributed by atoms with van der Waals surface area (Å²) in [6, 6.07) is 0. The zero-order chi connectivity index (χ0) is 16.5. The van der Waals surface area contributed by atoms with Crippen molar-refractivity contribution in [2.75, 3.05) is 31.1 Å². The molecule has 0 spiro atoms. The van der Waals surface area contributed by atoms with Crippen molar-refractivity contribution in [3.05, 3.63) is 28.7 Å². The molecule has 4 rings (SSSR count). The maximum Gasteiger partial charge on any atom is 0.165 e. The van der Waals surface area contributed by atoms with Gasteiger partial charge in [-0.3, -0.25) is 4.90 Å².